The average Bonchev–Trinajstić information content (AvgIpc) is 3.28. The molecule has 10 heteroatoms. The number of carbonyl (C=O) groups is 2. The third kappa shape index (κ3) is 4.17. The smallest absolute Gasteiger partial charge is 0.350 e. The van der Waals surface area contributed by atoms with Gasteiger partial charge in [-0.15, -0.1) is 11.3 Å². The number of ether oxygens (including phenoxy) is 1. The fraction of sp³-hybridized carbons (Fsp3) is 0.381. The van der Waals surface area contributed by atoms with Crippen LogP contribution in [0.1, 0.15) is 44.5 Å². The standard InChI is InChI=1S/C21H22N4O4S2/c1-4-9-29-20(28)17-11(2)22-21(31-17)24-15(26)10-25-12(3)23-18-16(19(25)27)13-7-5-6-8-14(13)30-18/h4H,1,5-10H2,2-3H3,(H,22,24,26). The summed E-state index contributed by atoms with van der Waals surface area (Å²) in [5.74, 6) is -0.426. The molecule has 0 bridgehead atoms. The lowest BCUT2D eigenvalue weighted by Crippen LogP contribution is -2.30. The minimum absolute atomic E-state index is 0.0990. The van der Waals surface area contributed by atoms with Gasteiger partial charge in [0.2, 0.25) is 5.91 Å². The van der Waals surface area contributed by atoms with Crippen molar-refractivity contribution in [3.8, 4) is 0 Å². The molecule has 0 fully saturated rings. The maximum absolute atomic E-state index is 13.2. The van der Waals surface area contributed by atoms with Gasteiger partial charge in [-0.25, -0.2) is 14.8 Å². The lowest BCUT2D eigenvalue weighted by atomic mass is 9.97. The predicted molar refractivity (Wildman–Crippen MR) is 121 cm³/mol. The van der Waals surface area contributed by atoms with E-state index in [0.717, 1.165) is 47.4 Å². The molecular weight excluding hydrogens is 436 g/mol. The molecule has 162 valence electrons. The summed E-state index contributed by atoms with van der Waals surface area (Å²) in [7, 11) is 0. The number of aryl methyl sites for hydroxylation is 4. The molecule has 8 nitrogen and oxygen atoms in total. The van der Waals surface area contributed by atoms with Crippen molar-refractivity contribution in [1.82, 2.24) is 14.5 Å². The number of nitrogens with zero attached hydrogens (tertiary/aromatic N) is 3. The summed E-state index contributed by atoms with van der Waals surface area (Å²) < 4.78 is 6.43. The number of thiazole rings is 1. The zero-order chi connectivity index (χ0) is 22.1. The monoisotopic (exact) mass is 458 g/mol. The number of anilines is 1. The molecule has 0 spiro atoms. The van der Waals surface area contributed by atoms with Crippen molar-refractivity contribution in [3.05, 3.63) is 49.8 Å². The first kappa shape index (κ1) is 21.4. The van der Waals surface area contributed by atoms with Crippen molar-refractivity contribution in [3.63, 3.8) is 0 Å². The zero-order valence-corrected chi connectivity index (χ0v) is 19.0. The molecule has 0 saturated carbocycles. The highest BCUT2D eigenvalue weighted by molar-refractivity contribution is 7.19. The van der Waals surface area contributed by atoms with Crippen molar-refractivity contribution in [2.75, 3.05) is 11.9 Å². The molecule has 31 heavy (non-hydrogen) atoms. The van der Waals surface area contributed by atoms with Gasteiger partial charge in [-0.2, -0.15) is 0 Å². The Kier molecular flexibility index (Phi) is 6.01. The quantitative estimate of drug-likeness (QED) is 0.449. The summed E-state index contributed by atoms with van der Waals surface area (Å²) in [5, 5.41) is 3.60. The normalized spacial score (nSPS) is 13.1. The minimum atomic E-state index is -0.514. The molecule has 1 amide bonds. The molecule has 3 aromatic heterocycles. The number of hydrogen-bond donors (Lipinski definition) is 1. The second-order valence-corrected chi connectivity index (χ2v) is 9.39. The Bertz CT molecular complexity index is 1250. The first-order valence-electron chi connectivity index (χ1n) is 9.96. The topological polar surface area (TPSA) is 103 Å². The van der Waals surface area contributed by atoms with E-state index in [2.05, 4.69) is 21.9 Å². The molecule has 0 unspecified atom stereocenters. The van der Waals surface area contributed by atoms with Crippen molar-refractivity contribution in [2.24, 2.45) is 0 Å². The third-order valence-corrected chi connectivity index (χ3v) is 7.37. The molecule has 3 aromatic rings. The molecule has 0 radical (unpaired) electrons. The highest BCUT2D eigenvalue weighted by atomic mass is 32.1. The summed E-state index contributed by atoms with van der Waals surface area (Å²) in [4.78, 5) is 49.0. The second kappa shape index (κ2) is 8.72. The molecule has 0 aliphatic heterocycles. The van der Waals surface area contributed by atoms with Crippen LogP contribution < -0.4 is 10.9 Å². The van der Waals surface area contributed by atoms with E-state index in [4.69, 9.17) is 4.74 Å². The van der Waals surface area contributed by atoms with Crippen LogP contribution in [0.15, 0.2) is 17.4 Å². The van der Waals surface area contributed by atoms with Gasteiger partial charge in [-0.1, -0.05) is 24.0 Å². The van der Waals surface area contributed by atoms with Gasteiger partial charge in [-0.05, 0) is 45.1 Å². The Morgan fingerprint density at radius 3 is 2.77 bits per heavy atom. The predicted octanol–water partition coefficient (Wildman–Crippen LogP) is 3.39. The van der Waals surface area contributed by atoms with E-state index >= 15 is 0 Å². The van der Waals surface area contributed by atoms with Gasteiger partial charge in [0.05, 0.1) is 11.1 Å². The summed E-state index contributed by atoms with van der Waals surface area (Å²) in [5.41, 5.74) is 1.38. The van der Waals surface area contributed by atoms with Crippen LogP contribution in [0.25, 0.3) is 10.2 Å². The molecule has 1 aliphatic rings. The Hall–Kier alpha value is -2.85. The van der Waals surface area contributed by atoms with E-state index in [0.29, 0.717) is 21.8 Å². The van der Waals surface area contributed by atoms with Crippen molar-refractivity contribution >= 4 is 49.9 Å². The minimum Gasteiger partial charge on any atom is -0.457 e. The van der Waals surface area contributed by atoms with Gasteiger partial charge in [-0.3, -0.25) is 14.2 Å². The Morgan fingerprint density at radius 1 is 1.23 bits per heavy atom. The molecule has 1 N–H and O–H groups in total. The van der Waals surface area contributed by atoms with Crippen LogP contribution in [0.2, 0.25) is 0 Å². The molecule has 1 aliphatic carbocycles. The molecule has 3 heterocycles. The zero-order valence-electron chi connectivity index (χ0n) is 17.3. The number of fused-ring (bicyclic) bond motifs is 3. The van der Waals surface area contributed by atoms with Crippen LogP contribution in [-0.2, 0) is 28.9 Å². The van der Waals surface area contributed by atoms with Crippen molar-refractivity contribution in [2.45, 2.75) is 46.1 Å². The second-order valence-electron chi connectivity index (χ2n) is 7.31. The number of esters is 1. The van der Waals surface area contributed by atoms with Crippen LogP contribution in [-0.4, -0.2) is 33.0 Å². The summed E-state index contributed by atoms with van der Waals surface area (Å²) in [6.07, 6.45) is 5.53. The number of amides is 1. The lowest BCUT2D eigenvalue weighted by molar-refractivity contribution is -0.116. The largest absolute Gasteiger partial charge is 0.457 e. The van der Waals surface area contributed by atoms with Crippen LogP contribution in [0.5, 0.6) is 0 Å². The van der Waals surface area contributed by atoms with Crippen LogP contribution in [0.3, 0.4) is 0 Å². The molecule has 0 atom stereocenters. The first-order valence-corrected chi connectivity index (χ1v) is 11.6. The number of aromatic nitrogens is 3. The number of nitrogens with one attached hydrogen (secondary N) is 1. The Balaban J connectivity index is 1.56. The van der Waals surface area contributed by atoms with E-state index < -0.39 is 11.9 Å². The number of rotatable bonds is 6. The van der Waals surface area contributed by atoms with Gasteiger partial charge >= 0.3 is 5.97 Å². The summed E-state index contributed by atoms with van der Waals surface area (Å²) in [6, 6.07) is 0. The van der Waals surface area contributed by atoms with Gasteiger partial charge in [0.15, 0.2) is 5.13 Å². The maximum Gasteiger partial charge on any atom is 0.350 e. The third-order valence-electron chi connectivity index (χ3n) is 5.13. The van der Waals surface area contributed by atoms with E-state index in [9.17, 15) is 14.4 Å². The van der Waals surface area contributed by atoms with Crippen LogP contribution >= 0.6 is 22.7 Å². The lowest BCUT2D eigenvalue weighted by Gasteiger charge is -2.11. The highest BCUT2D eigenvalue weighted by Gasteiger charge is 2.22. The first-order chi connectivity index (χ1) is 14.9. The van der Waals surface area contributed by atoms with Gasteiger partial charge < -0.3 is 10.1 Å². The SMILES string of the molecule is C=CCOC(=O)c1sc(NC(=O)Cn2c(C)nc3sc4c(c3c2=O)CCCC4)nc1C. The highest BCUT2D eigenvalue weighted by Crippen LogP contribution is 2.33. The van der Waals surface area contributed by atoms with E-state index in [1.54, 1.807) is 25.2 Å². The molecular formula is C21H22N4O4S2. The number of thiophene rings is 1. The number of hydrogen-bond acceptors (Lipinski definition) is 8. The van der Waals surface area contributed by atoms with Gasteiger partial charge in [0, 0.05) is 4.88 Å². The van der Waals surface area contributed by atoms with E-state index in [-0.39, 0.29) is 23.8 Å². The van der Waals surface area contributed by atoms with Crippen molar-refractivity contribution in [1.29, 1.82) is 0 Å². The van der Waals surface area contributed by atoms with Crippen LogP contribution in [0.4, 0.5) is 5.13 Å². The molecule has 0 aromatic carbocycles. The van der Waals surface area contributed by atoms with E-state index in [1.165, 1.54) is 15.5 Å². The van der Waals surface area contributed by atoms with Gasteiger partial charge in [0.25, 0.3) is 5.56 Å². The van der Waals surface area contributed by atoms with Gasteiger partial charge in [0.1, 0.15) is 28.7 Å². The fourth-order valence-electron chi connectivity index (χ4n) is 3.67. The van der Waals surface area contributed by atoms with Crippen LogP contribution in [0, 0.1) is 13.8 Å². The summed E-state index contributed by atoms with van der Waals surface area (Å²) in [6.45, 7) is 6.83. The van der Waals surface area contributed by atoms with E-state index in [1.807, 2.05) is 0 Å². The average molecular weight is 459 g/mol. The molecule has 4 rings (SSSR count). The molecule has 0 saturated heterocycles. The summed E-state index contributed by atoms with van der Waals surface area (Å²) >= 11 is 2.62. The Labute approximate surface area is 186 Å². The maximum atomic E-state index is 13.2. The van der Waals surface area contributed by atoms with Crippen molar-refractivity contribution < 1.29 is 14.3 Å². The Morgan fingerprint density at radius 2 is 2.00 bits per heavy atom. The number of carbonyl (C=O) groups excluding carboxylic acids is 2. The fourth-order valence-corrected chi connectivity index (χ4v) is 5.84.